The van der Waals surface area contributed by atoms with Crippen LogP contribution in [0.15, 0.2) is 35.9 Å². The number of halogens is 1. The molecule has 5 nitrogen and oxygen atoms in total. The van der Waals surface area contributed by atoms with Crippen molar-refractivity contribution in [2.24, 2.45) is 0 Å². The number of hydrogen-bond acceptors (Lipinski definition) is 4. The van der Waals surface area contributed by atoms with Crippen LogP contribution in [0.2, 0.25) is 0 Å². The molecule has 0 saturated carbocycles. The van der Waals surface area contributed by atoms with Crippen LogP contribution in [-0.2, 0) is 4.79 Å². The first-order valence-electron chi connectivity index (χ1n) is 5.47. The van der Waals surface area contributed by atoms with Gasteiger partial charge in [-0.1, -0.05) is 6.07 Å². The molecule has 0 aliphatic heterocycles. The SMILES string of the molecule is O=C(O)C=Cc1ccc(C(=O)Nc2nccs2)c(F)c1. The van der Waals surface area contributed by atoms with Gasteiger partial charge >= 0.3 is 5.97 Å². The Hall–Kier alpha value is -2.54. The summed E-state index contributed by atoms with van der Waals surface area (Å²) >= 11 is 1.22. The number of thiazole rings is 1. The average molecular weight is 292 g/mol. The average Bonchev–Trinajstić information content (AvgIpc) is 2.89. The van der Waals surface area contributed by atoms with Crippen LogP contribution in [0.4, 0.5) is 9.52 Å². The molecule has 0 saturated heterocycles. The number of hydrogen-bond donors (Lipinski definition) is 2. The molecule has 0 atom stereocenters. The van der Waals surface area contributed by atoms with Gasteiger partial charge in [0, 0.05) is 17.7 Å². The van der Waals surface area contributed by atoms with Crippen LogP contribution in [0.3, 0.4) is 0 Å². The summed E-state index contributed by atoms with van der Waals surface area (Å²) in [5.74, 6) is -2.46. The minimum atomic E-state index is -1.13. The third kappa shape index (κ3) is 3.48. The predicted molar refractivity (Wildman–Crippen MR) is 73.1 cm³/mol. The van der Waals surface area contributed by atoms with E-state index in [4.69, 9.17) is 5.11 Å². The maximum absolute atomic E-state index is 13.8. The van der Waals surface area contributed by atoms with Gasteiger partial charge in [-0.25, -0.2) is 14.2 Å². The number of carboxylic acids is 1. The van der Waals surface area contributed by atoms with Crippen LogP contribution >= 0.6 is 11.3 Å². The van der Waals surface area contributed by atoms with Gasteiger partial charge < -0.3 is 5.11 Å². The molecule has 0 bridgehead atoms. The number of aromatic nitrogens is 1. The van der Waals surface area contributed by atoms with Crippen LogP contribution < -0.4 is 5.32 Å². The Morgan fingerprint density at radius 3 is 2.80 bits per heavy atom. The van der Waals surface area contributed by atoms with Crippen LogP contribution in [0.25, 0.3) is 6.08 Å². The second kappa shape index (κ2) is 6.07. The van der Waals surface area contributed by atoms with E-state index >= 15 is 0 Å². The monoisotopic (exact) mass is 292 g/mol. The van der Waals surface area contributed by atoms with E-state index < -0.39 is 17.7 Å². The first kappa shape index (κ1) is 13.9. The van der Waals surface area contributed by atoms with E-state index in [0.717, 1.165) is 12.1 Å². The Morgan fingerprint density at radius 2 is 2.20 bits per heavy atom. The number of carbonyl (C=O) groups excluding carboxylic acids is 1. The number of carboxylic acid groups (broad SMARTS) is 1. The second-order valence-electron chi connectivity index (χ2n) is 3.70. The molecule has 2 aromatic rings. The topological polar surface area (TPSA) is 79.3 Å². The zero-order valence-electron chi connectivity index (χ0n) is 10.0. The lowest BCUT2D eigenvalue weighted by atomic mass is 10.1. The fraction of sp³-hybridized carbons (Fsp3) is 0. The second-order valence-corrected chi connectivity index (χ2v) is 4.60. The van der Waals surface area contributed by atoms with Crippen molar-refractivity contribution in [1.29, 1.82) is 0 Å². The quantitative estimate of drug-likeness (QED) is 0.849. The van der Waals surface area contributed by atoms with Gasteiger partial charge in [-0.3, -0.25) is 10.1 Å². The minimum absolute atomic E-state index is 0.132. The summed E-state index contributed by atoms with van der Waals surface area (Å²) in [5.41, 5.74) is 0.225. The van der Waals surface area contributed by atoms with Crippen LogP contribution in [0.1, 0.15) is 15.9 Å². The largest absolute Gasteiger partial charge is 0.478 e. The van der Waals surface area contributed by atoms with Crippen molar-refractivity contribution in [3.63, 3.8) is 0 Å². The smallest absolute Gasteiger partial charge is 0.328 e. The zero-order chi connectivity index (χ0) is 14.5. The molecule has 0 aliphatic rings. The van der Waals surface area contributed by atoms with Crippen LogP contribution in [-0.4, -0.2) is 22.0 Å². The summed E-state index contributed by atoms with van der Waals surface area (Å²) in [6, 6.07) is 3.84. The summed E-state index contributed by atoms with van der Waals surface area (Å²) < 4.78 is 13.8. The number of anilines is 1. The highest BCUT2D eigenvalue weighted by atomic mass is 32.1. The molecule has 0 radical (unpaired) electrons. The number of benzene rings is 1. The molecule has 0 aliphatic carbocycles. The number of aliphatic carboxylic acids is 1. The van der Waals surface area contributed by atoms with E-state index in [1.807, 2.05) is 0 Å². The Balaban J connectivity index is 2.17. The van der Waals surface area contributed by atoms with Crippen molar-refractivity contribution in [3.05, 3.63) is 52.8 Å². The maximum Gasteiger partial charge on any atom is 0.328 e. The lowest BCUT2D eigenvalue weighted by molar-refractivity contribution is -0.131. The summed E-state index contributed by atoms with van der Waals surface area (Å²) in [4.78, 5) is 26.0. The number of rotatable bonds is 4. The highest BCUT2D eigenvalue weighted by Crippen LogP contribution is 2.16. The minimum Gasteiger partial charge on any atom is -0.478 e. The third-order valence-corrected chi connectivity index (χ3v) is 3.00. The van der Waals surface area contributed by atoms with Gasteiger partial charge in [-0.15, -0.1) is 11.3 Å². The van der Waals surface area contributed by atoms with Crippen LogP contribution in [0, 0.1) is 5.82 Å². The molecule has 1 aromatic heterocycles. The maximum atomic E-state index is 13.8. The fourth-order valence-corrected chi connectivity index (χ4v) is 1.96. The molecule has 0 spiro atoms. The van der Waals surface area contributed by atoms with Gasteiger partial charge in [-0.05, 0) is 23.8 Å². The summed E-state index contributed by atoms with van der Waals surface area (Å²) in [7, 11) is 0. The predicted octanol–water partition coefficient (Wildman–Crippen LogP) is 2.63. The number of nitrogens with one attached hydrogen (secondary N) is 1. The standard InChI is InChI=1S/C13H9FN2O3S/c14-10-7-8(2-4-11(17)18)1-3-9(10)12(19)16-13-15-5-6-20-13/h1-7H,(H,17,18)(H,15,16,19). The Labute approximate surface area is 117 Å². The molecule has 102 valence electrons. The van der Waals surface area contributed by atoms with Gasteiger partial charge in [0.1, 0.15) is 5.82 Å². The molecule has 2 N–H and O–H groups in total. The first-order valence-corrected chi connectivity index (χ1v) is 6.35. The molecule has 7 heteroatoms. The summed E-state index contributed by atoms with van der Waals surface area (Å²) in [5, 5.41) is 13.0. The van der Waals surface area contributed by atoms with E-state index in [9.17, 15) is 14.0 Å². The molecule has 20 heavy (non-hydrogen) atoms. The van der Waals surface area contributed by atoms with E-state index in [-0.39, 0.29) is 5.56 Å². The van der Waals surface area contributed by atoms with E-state index in [0.29, 0.717) is 10.7 Å². The zero-order valence-corrected chi connectivity index (χ0v) is 10.9. The highest BCUT2D eigenvalue weighted by Gasteiger charge is 2.12. The van der Waals surface area contributed by atoms with Crippen LogP contribution in [0.5, 0.6) is 0 Å². The molecule has 0 unspecified atom stereocenters. The molecule has 1 heterocycles. The molecule has 1 amide bonds. The van der Waals surface area contributed by atoms with Crippen molar-refractivity contribution >= 4 is 34.4 Å². The Kier molecular flexibility index (Phi) is 4.21. The van der Waals surface area contributed by atoms with Crippen molar-refractivity contribution in [2.45, 2.75) is 0 Å². The van der Waals surface area contributed by atoms with Gasteiger partial charge in [0.05, 0.1) is 5.56 Å². The summed E-state index contributed by atoms with van der Waals surface area (Å²) in [6.45, 7) is 0. The number of carbonyl (C=O) groups is 2. The van der Waals surface area contributed by atoms with Crippen molar-refractivity contribution in [1.82, 2.24) is 4.98 Å². The van der Waals surface area contributed by atoms with E-state index in [1.54, 1.807) is 5.38 Å². The van der Waals surface area contributed by atoms with Crippen molar-refractivity contribution < 1.29 is 19.1 Å². The van der Waals surface area contributed by atoms with E-state index in [1.165, 1.54) is 35.7 Å². The Bertz CT molecular complexity index is 668. The highest BCUT2D eigenvalue weighted by molar-refractivity contribution is 7.13. The molecular weight excluding hydrogens is 283 g/mol. The Morgan fingerprint density at radius 1 is 1.40 bits per heavy atom. The molecule has 1 aromatic carbocycles. The lowest BCUT2D eigenvalue weighted by Crippen LogP contribution is -2.13. The normalized spacial score (nSPS) is 10.7. The van der Waals surface area contributed by atoms with Crippen molar-refractivity contribution in [3.8, 4) is 0 Å². The molecule has 0 fully saturated rings. The van der Waals surface area contributed by atoms with Gasteiger partial charge in [-0.2, -0.15) is 0 Å². The number of amides is 1. The van der Waals surface area contributed by atoms with Gasteiger partial charge in [0.25, 0.3) is 5.91 Å². The fourth-order valence-electron chi connectivity index (χ4n) is 1.44. The number of nitrogens with zero attached hydrogens (tertiary/aromatic N) is 1. The molecular formula is C13H9FN2O3S. The van der Waals surface area contributed by atoms with Gasteiger partial charge in [0.2, 0.25) is 0 Å². The summed E-state index contributed by atoms with van der Waals surface area (Å²) in [6.07, 6.45) is 3.66. The molecule has 2 rings (SSSR count). The van der Waals surface area contributed by atoms with Gasteiger partial charge in [0.15, 0.2) is 5.13 Å². The third-order valence-electron chi connectivity index (χ3n) is 2.31. The van der Waals surface area contributed by atoms with Crippen molar-refractivity contribution in [2.75, 3.05) is 5.32 Å². The van der Waals surface area contributed by atoms with E-state index in [2.05, 4.69) is 10.3 Å². The first-order chi connectivity index (χ1) is 9.56. The lowest BCUT2D eigenvalue weighted by Gasteiger charge is -2.04.